The van der Waals surface area contributed by atoms with Crippen LogP contribution in [-0.2, 0) is 24.2 Å². The van der Waals surface area contributed by atoms with Gasteiger partial charge in [0.1, 0.15) is 11.8 Å². The Morgan fingerprint density at radius 2 is 1.94 bits per heavy atom. The molecule has 2 aliphatic rings. The Hall–Kier alpha value is -3.77. The number of benzene rings is 3. The average Bonchev–Trinajstić information content (AvgIpc) is 3.27. The number of nitrogens with zero attached hydrogens (tertiary/aromatic N) is 1. The zero-order chi connectivity index (χ0) is 23.9. The number of aromatic amines is 1. The van der Waals surface area contributed by atoms with Crippen LogP contribution in [0.5, 0.6) is 5.75 Å². The van der Waals surface area contributed by atoms with Gasteiger partial charge in [0.2, 0.25) is 0 Å². The predicted octanol–water partition coefficient (Wildman–Crippen LogP) is 4.82. The van der Waals surface area contributed by atoms with E-state index in [2.05, 4.69) is 51.6 Å². The molecule has 6 rings (SSSR count). The Balaban J connectivity index is 1.41. The van der Waals surface area contributed by atoms with E-state index in [0.717, 1.165) is 65.0 Å². The van der Waals surface area contributed by atoms with Crippen molar-refractivity contribution < 1.29 is 14.6 Å². The van der Waals surface area contributed by atoms with Crippen molar-refractivity contribution in [2.75, 3.05) is 18.6 Å². The average molecular weight is 468 g/mol. The van der Waals surface area contributed by atoms with Crippen molar-refractivity contribution >= 4 is 22.6 Å². The van der Waals surface area contributed by atoms with E-state index in [4.69, 9.17) is 4.74 Å². The fourth-order valence-corrected chi connectivity index (χ4v) is 5.74. The van der Waals surface area contributed by atoms with E-state index in [1.807, 2.05) is 30.3 Å². The smallest absolute Gasteiger partial charge is 0.321 e. The molecule has 3 N–H and O–H groups in total. The molecule has 0 amide bonds. The molecule has 3 heterocycles. The van der Waals surface area contributed by atoms with Crippen molar-refractivity contribution in [3.8, 4) is 5.75 Å². The maximum Gasteiger partial charge on any atom is 0.321 e. The third-order valence-corrected chi connectivity index (χ3v) is 7.41. The maximum atomic E-state index is 12.0. The molecule has 178 valence electrons. The van der Waals surface area contributed by atoms with Gasteiger partial charge in [-0.25, -0.2) is 0 Å². The molecule has 6 heteroatoms. The highest BCUT2D eigenvalue weighted by Gasteiger charge is 2.34. The molecule has 0 radical (unpaired) electrons. The minimum absolute atomic E-state index is 0.245. The number of aryl methyl sites for hydroxylation is 1. The van der Waals surface area contributed by atoms with E-state index in [-0.39, 0.29) is 6.04 Å². The largest absolute Gasteiger partial charge is 0.496 e. The SMILES string of the molecule is COc1ccc([C@H]2N[C@H](C(=O)O)Cc3c2[nH]c2ccccc32)cc1CN1CCCc2ccccc21. The lowest BCUT2D eigenvalue weighted by Crippen LogP contribution is -2.45. The summed E-state index contributed by atoms with van der Waals surface area (Å²) in [5, 5.41) is 14.4. The number of methoxy groups -OCH3 is 1. The number of anilines is 1. The molecule has 35 heavy (non-hydrogen) atoms. The normalized spacial score (nSPS) is 19.3. The number of carboxylic acid groups (broad SMARTS) is 1. The van der Waals surface area contributed by atoms with E-state index < -0.39 is 12.0 Å². The first-order valence-corrected chi connectivity index (χ1v) is 12.2. The molecule has 0 spiro atoms. The molecule has 1 aromatic heterocycles. The number of carbonyl (C=O) groups is 1. The third kappa shape index (κ3) is 3.84. The standard InChI is InChI=1S/C29H29N3O3/c1-35-26-13-12-19(15-20(26)17-32-14-6-8-18-7-2-5-11-25(18)32)27-28-22(16-24(31-27)29(33)34)21-9-3-4-10-23(21)30-28/h2-5,7,9-13,15,24,27,30-31H,6,8,14,16-17H2,1H3,(H,33,34)/t24-,27+/m0/s1. The van der Waals surface area contributed by atoms with Gasteiger partial charge in [0.05, 0.1) is 13.2 Å². The summed E-state index contributed by atoms with van der Waals surface area (Å²) in [6.45, 7) is 1.74. The van der Waals surface area contributed by atoms with Crippen LogP contribution in [0.15, 0.2) is 66.7 Å². The molecular weight excluding hydrogens is 438 g/mol. The Morgan fingerprint density at radius 1 is 1.11 bits per heavy atom. The molecule has 0 unspecified atom stereocenters. The Labute approximate surface area is 204 Å². The Kier molecular flexibility index (Phi) is 5.46. The van der Waals surface area contributed by atoms with Crippen LogP contribution < -0.4 is 15.0 Å². The van der Waals surface area contributed by atoms with Gasteiger partial charge in [-0.1, -0.05) is 42.5 Å². The Morgan fingerprint density at radius 3 is 2.80 bits per heavy atom. The minimum atomic E-state index is -0.829. The van der Waals surface area contributed by atoms with Gasteiger partial charge in [-0.2, -0.15) is 0 Å². The molecule has 4 aromatic rings. The molecule has 2 atom stereocenters. The molecule has 0 bridgehead atoms. The van der Waals surface area contributed by atoms with E-state index in [0.29, 0.717) is 6.42 Å². The van der Waals surface area contributed by atoms with Crippen molar-refractivity contribution in [1.29, 1.82) is 0 Å². The number of rotatable bonds is 5. The van der Waals surface area contributed by atoms with Gasteiger partial charge in [-0.3, -0.25) is 10.1 Å². The van der Waals surface area contributed by atoms with Crippen molar-refractivity contribution in [1.82, 2.24) is 10.3 Å². The van der Waals surface area contributed by atoms with Crippen LogP contribution in [0, 0.1) is 0 Å². The lowest BCUT2D eigenvalue weighted by Gasteiger charge is -2.33. The van der Waals surface area contributed by atoms with E-state index in [1.54, 1.807) is 7.11 Å². The first-order chi connectivity index (χ1) is 17.1. The van der Waals surface area contributed by atoms with E-state index >= 15 is 0 Å². The molecule has 0 saturated heterocycles. The van der Waals surface area contributed by atoms with Crippen molar-refractivity contribution in [2.45, 2.75) is 37.9 Å². The number of fused-ring (bicyclic) bond motifs is 4. The van der Waals surface area contributed by atoms with Crippen LogP contribution >= 0.6 is 0 Å². The van der Waals surface area contributed by atoms with Crippen LogP contribution in [0.1, 0.15) is 40.4 Å². The number of para-hydroxylation sites is 2. The van der Waals surface area contributed by atoms with Crippen LogP contribution in [-0.4, -0.2) is 35.8 Å². The van der Waals surface area contributed by atoms with Gasteiger partial charge < -0.3 is 19.7 Å². The van der Waals surface area contributed by atoms with Gasteiger partial charge in [0.15, 0.2) is 0 Å². The number of aliphatic carboxylic acids is 1. The summed E-state index contributed by atoms with van der Waals surface area (Å²) >= 11 is 0. The van der Waals surface area contributed by atoms with Gasteiger partial charge >= 0.3 is 5.97 Å². The van der Waals surface area contributed by atoms with Crippen molar-refractivity contribution in [3.05, 3.63) is 94.7 Å². The topological polar surface area (TPSA) is 77.6 Å². The highest BCUT2D eigenvalue weighted by Crippen LogP contribution is 2.37. The quantitative estimate of drug-likeness (QED) is 0.392. The van der Waals surface area contributed by atoms with Crippen molar-refractivity contribution in [3.63, 3.8) is 0 Å². The molecule has 2 aliphatic heterocycles. The van der Waals surface area contributed by atoms with Gasteiger partial charge in [0, 0.05) is 47.4 Å². The fraction of sp³-hybridized carbons (Fsp3) is 0.276. The number of carboxylic acids is 1. The second-order valence-electron chi connectivity index (χ2n) is 9.48. The number of aromatic nitrogens is 1. The van der Waals surface area contributed by atoms with E-state index in [9.17, 15) is 9.90 Å². The molecular formula is C29H29N3O3. The number of nitrogens with one attached hydrogen (secondary N) is 2. The van der Waals surface area contributed by atoms with Crippen LogP contribution in [0.3, 0.4) is 0 Å². The van der Waals surface area contributed by atoms with Gasteiger partial charge in [-0.05, 0) is 53.8 Å². The van der Waals surface area contributed by atoms with Crippen LogP contribution in [0.2, 0.25) is 0 Å². The summed E-state index contributed by atoms with van der Waals surface area (Å²) in [5.41, 5.74) is 7.96. The molecule has 0 saturated carbocycles. The van der Waals surface area contributed by atoms with Gasteiger partial charge in [-0.15, -0.1) is 0 Å². The lowest BCUT2D eigenvalue weighted by molar-refractivity contribution is -0.139. The first-order valence-electron chi connectivity index (χ1n) is 12.2. The summed E-state index contributed by atoms with van der Waals surface area (Å²) in [6, 6.07) is 22.1. The predicted molar refractivity (Wildman–Crippen MR) is 137 cm³/mol. The molecule has 0 fully saturated rings. The molecule has 0 aliphatic carbocycles. The second kappa shape index (κ2) is 8.78. The highest BCUT2D eigenvalue weighted by molar-refractivity contribution is 5.87. The van der Waals surface area contributed by atoms with E-state index in [1.165, 1.54) is 11.3 Å². The number of hydrogen-bond acceptors (Lipinski definition) is 4. The monoisotopic (exact) mass is 467 g/mol. The third-order valence-electron chi connectivity index (χ3n) is 7.41. The lowest BCUT2D eigenvalue weighted by atomic mass is 9.89. The second-order valence-corrected chi connectivity index (χ2v) is 9.48. The van der Waals surface area contributed by atoms with Gasteiger partial charge in [0.25, 0.3) is 0 Å². The zero-order valence-corrected chi connectivity index (χ0v) is 19.8. The summed E-state index contributed by atoms with van der Waals surface area (Å²) in [7, 11) is 1.71. The first kappa shape index (κ1) is 21.7. The van der Waals surface area contributed by atoms with Crippen LogP contribution in [0.25, 0.3) is 10.9 Å². The summed E-state index contributed by atoms with van der Waals surface area (Å²) in [6.07, 6.45) is 2.69. The number of H-pyrrole nitrogens is 1. The summed E-state index contributed by atoms with van der Waals surface area (Å²) < 4.78 is 5.75. The van der Waals surface area contributed by atoms with Crippen molar-refractivity contribution in [2.24, 2.45) is 0 Å². The van der Waals surface area contributed by atoms with Crippen LogP contribution in [0.4, 0.5) is 5.69 Å². The number of hydrogen-bond donors (Lipinski definition) is 3. The zero-order valence-electron chi connectivity index (χ0n) is 19.8. The number of ether oxygens (including phenoxy) is 1. The molecule has 3 aromatic carbocycles. The maximum absolute atomic E-state index is 12.0. The summed E-state index contributed by atoms with van der Waals surface area (Å²) in [4.78, 5) is 18.0. The highest BCUT2D eigenvalue weighted by atomic mass is 16.5. The minimum Gasteiger partial charge on any atom is -0.496 e. The fourth-order valence-electron chi connectivity index (χ4n) is 5.74. The summed E-state index contributed by atoms with van der Waals surface area (Å²) in [5.74, 6) is 0.0175. The molecule has 6 nitrogen and oxygen atoms in total. The Bertz CT molecular complexity index is 1410.